The molecule has 2 atom stereocenters. The second kappa shape index (κ2) is 7.95. The second-order valence-corrected chi connectivity index (χ2v) is 7.35. The summed E-state index contributed by atoms with van der Waals surface area (Å²) in [5.41, 5.74) is 0.0205. The zero-order chi connectivity index (χ0) is 19.6. The number of carbonyl (C=O) groups is 1. The van der Waals surface area contributed by atoms with Crippen LogP contribution in [0.1, 0.15) is 22.3 Å². The molecule has 6 nitrogen and oxygen atoms in total. The maximum Gasteiger partial charge on any atom is 0.255 e. The Labute approximate surface area is 163 Å². The van der Waals surface area contributed by atoms with Gasteiger partial charge in [0, 0.05) is 32.4 Å². The third-order valence-corrected chi connectivity index (χ3v) is 5.71. The third kappa shape index (κ3) is 3.65. The molecule has 2 aromatic rings. The lowest BCUT2D eigenvalue weighted by Crippen LogP contribution is -2.63. The minimum Gasteiger partial charge on any atom is -0.383 e. The normalized spacial score (nSPS) is 26.2. The number of halogens is 1. The maximum atomic E-state index is 13.5. The molecule has 2 aliphatic rings. The number of aromatic nitrogens is 1. The quantitative estimate of drug-likeness (QED) is 0.871. The minimum absolute atomic E-state index is 0.228. The van der Waals surface area contributed by atoms with Crippen molar-refractivity contribution in [3.05, 3.63) is 65.7 Å². The van der Waals surface area contributed by atoms with Crippen LogP contribution < -0.4 is 0 Å². The Kier molecular flexibility index (Phi) is 5.39. The van der Waals surface area contributed by atoms with Crippen LogP contribution in [0.3, 0.4) is 0 Å². The Morgan fingerprint density at radius 3 is 2.64 bits per heavy atom. The molecule has 2 fully saturated rings. The van der Waals surface area contributed by atoms with Crippen molar-refractivity contribution in [2.24, 2.45) is 0 Å². The van der Waals surface area contributed by atoms with Gasteiger partial charge in [0.1, 0.15) is 11.4 Å². The molecule has 1 N–H and O–H groups in total. The molecule has 1 aromatic heterocycles. The van der Waals surface area contributed by atoms with Crippen molar-refractivity contribution in [3.63, 3.8) is 0 Å². The first-order valence-corrected chi connectivity index (χ1v) is 9.57. The number of hydrogen-bond donors (Lipinski definition) is 1. The van der Waals surface area contributed by atoms with Gasteiger partial charge >= 0.3 is 0 Å². The van der Waals surface area contributed by atoms with Crippen molar-refractivity contribution < 1.29 is 19.0 Å². The predicted octanol–water partition coefficient (Wildman–Crippen LogP) is 1.66. The molecule has 0 radical (unpaired) electrons. The number of likely N-dealkylation sites (tertiary alicyclic amines) is 1. The molecular weight excluding hydrogens is 361 g/mol. The highest BCUT2D eigenvalue weighted by molar-refractivity contribution is 5.94. The van der Waals surface area contributed by atoms with E-state index in [9.17, 15) is 14.3 Å². The van der Waals surface area contributed by atoms with Crippen molar-refractivity contribution in [1.82, 2.24) is 14.8 Å². The van der Waals surface area contributed by atoms with Crippen LogP contribution in [0.4, 0.5) is 4.39 Å². The van der Waals surface area contributed by atoms with Gasteiger partial charge in [0.25, 0.3) is 5.91 Å². The fourth-order valence-corrected chi connectivity index (χ4v) is 4.19. The van der Waals surface area contributed by atoms with Gasteiger partial charge in [-0.25, -0.2) is 4.39 Å². The van der Waals surface area contributed by atoms with E-state index in [4.69, 9.17) is 4.74 Å². The summed E-state index contributed by atoms with van der Waals surface area (Å²) in [5.74, 6) is -0.797. The summed E-state index contributed by atoms with van der Waals surface area (Å²) in [6.45, 7) is 3.35. The van der Waals surface area contributed by atoms with Crippen LogP contribution in [0.15, 0.2) is 48.8 Å². The Balaban J connectivity index is 1.62. The van der Waals surface area contributed by atoms with E-state index in [1.165, 1.54) is 12.3 Å². The van der Waals surface area contributed by atoms with E-state index in [1.54, 1.807) is 4.90 Å². The summed E-state index contributed by atoms with van der Waals surface area (Å²) < 4.78 is 19.0. The molecule has 2 aliphatic heterocycles. The summed E-state index contributed by atoms with van der Waals surface area (Å²) >= 11 is 0. The Morgan fingerprint density at radius 1 is 1.18 bits per heavy atom. The number of benzene rings is 1. The van der Waals surface area contributed by atoms with Gasteiger partial charge in [-0.2, -0.15) is 0 Å². The lowest BCUT2D eigenvalue weighted by atomic mass is 9.79. The van der Waals surface area contributed by atoms with Crippen molar-refractivity contribution in [2.45, 2.75) is 18.1 Å². The van der Waals surface area contributed by atoms with Gasteiger partial charge in [0.05, 0.1) is 31.0 Å². The molecule has 0 unspecified atom stereocenters. The average molecular weight is 385 g/mol. The van der Waals surface area contributed by atoms with Gasteiger partial charge in [0.2, 0.25) is 0 Å². The van der Waals surface area contributed by atoms with Gasteiger partial charge in [-0.3, -0.25) is 14.7 Å². The van der Waals surface area contributed by atoms with E-state index in [-0.39, 0.29) is 17.5 Å². The first kappa shape index (κ1) is 19.0. The van der Waals surface area contributed by atoms with E-state index >= 15 is 0 Å². The van der Waals surface area contributed by atoms with Crippen molar-refractivity contribution in [1.29, 1.82) is 0 Å². The maximum absolute atomic E-state index is 13.5. The Bertz CT molecular complexity index is 829. The standard InChI is InChI=1S/C21H24FN3O3/c22-18-12-16(13-23-14-18)20(26)25-7-6-21(27,17-4-2-1-3-5-17)19(15-25)24-8-10-28-11-9-24/h1-5,12-14,19,27H,6-11,15H2/t19-,21+/m1/s1. The third-order valence-electron chi connectivity index (χ3n) is 5.71. The smallest absolute Gasteiger partial charge is 0.255 e. The lowest BCUT2D eigenvalue weighted by molar-refractivity contribution is -0.112. The van der Waals surface area contributed by atoms with Crippen molar-refractivity contribution in [3.8, 4) is 0 Å². The second-order valence-electron chi connectivity index (χ2n) is 7.35. The van der Waals surface area contributed by atoms with E-state index in [2.05, 4.69) is 9.88 Å². The van der Waals surface area contributed by atoms with Gasteiger partial charge in [-0.05, 0) is 18.1 Å². The number of pyridine rings is 1. The van der Waals surface area contributed by atoms with E-state index < -0.39 is 11.4 Å². The van der Waals surface area contributed by atoms with Gasteiger partial charge in [0.15, 0.2) is 0 Å². The molecule has 0 spiro atoms. The molecule has 1 aromatic carbocycles. The van der Waals surface area contributed by atoms with Crippen LogP contribution >= 0.6 is 0 Å². The number of carbonyl (C=O) groups excluding carboxylic acids is 1. The van der Waals surface area contributed by atoms with Crippen LogP contribution in [0, 0.1) is 5.82 Å². The van der Waals surface area contributed by atoms with Crippen LogP contribution in [-0.2, 0) is 10.3 Å². The van der Waals surface area contributed by atoms with Gasteiger partial charge in [-0.15, -0.1) is 0 Å². The highest BCUT2D eigenvalue weighted by Crippen LogP contribution is 2.36. The van der Waals surface area contributed by atoms with Gasteiger partial charge < -0.3 is 14.7 Å². The number of piperidine rings is 1. The molecule has 4 rings (SSSR count). The summed E-state index contributed by atoms with van der Waals surface area (Å²) in [6, 6.07) is 10.6. The zero-order valence-corrected chi connectivity index (χ0v) is 15.6. The molecular formula is C21H24FN3O3. The number of morpholine rings is 1. The lowest BCUT2D eigenvalue weighted by Gasteiger charge is -2.50. The van der Waals surface area contributed by atoms with Crippen LogP contribution in [0.2, 0.25) is 0 Å². The molecule has 7 heteroatoms. The SMILES string of the molecule is O=C(c1cncc(F)c1)N1CC[C@](O)(c2ccccc2)[C@H](N2CCOCC2)C1. The summed E-state index contributed by atoms with van der Waals surface area (Å²) in [4.78, 5) is 20.6. The molecule has 2 saturated heterocycles. The molecule has 3 heterocycles. The first-order chi connectivity index (χ1) is 13.6. The van der Waals surface area contributed by atoms with Crippen molar-refractivity contribution in [2.75, 3.05) is 39.4 Å². The van der Waals surface area contributed by atoms with Gasteiger partial charge in [-0.1, -0.05) is 30.3 Å². The number of nitrogens with zero attached hydrogens (tertiary/aromatic N) is 3. The number of ether oxygens (including phenoxy) is 1. The van der Waals surface area contributed by atoms with E-state index in [0.29, 0.717) is 45.8 Å². The molecule has 148 valence electrons. The Hall–Kier alpha value is -2.35. The summed E-state index contributed by atoms with van der Waals surface area (Å²) in [5, 5.41) is 11.7. The number of hydrogen-bond acceptors (Lipinski definition) is 5. The largest absolute Gasteiger partial charge is 0.383 e. The van der Waals surface area contributed by atoms with Crippen LogP contribution in [-0.4, -0.2) is 71.2 Å². The summed E-state index contributed by atoms with van der Waals surface area (Å²) in [7, 11) is 0. The average Bonchev–Trinajstić information content (AvgIpc) is 2.75. The molecule has 28 heavy (non-hydrogen) atoms. The molecule has 0 bridgehead atoms. The van der Waals surface area contributed by atoms with Crippen LogP contribution in [0.25, 0.3) is 0 Å². The minimum atomic E-state index is -1.06. The summed E-state index contributed by atoms with van der Waals surface area (Å²) in [6.07, 6.45) is 2.87. The fraction of sp³-hybridized carbons (Fsp3) is 0.429. The highest BCUT2D eigenvalue weighted by atomic mass is 19.1. The van der Waals surface area contributed by atoms with E-state index in [1.807, 2.05) is 30.3 Å². The predicted molar refractivity (Wildman–Crippen MR) is 101 cm³/mol. The zero-order valence-electron chi connectivity index (χ0n) is 15.6. The topological polar surface area (TPSA) is 65.9 Å². The number of aliphatic hydroxyl groups is 1. The highest BCUT2D eigenvalue weighted by Gasteiger charge is 2.47. The number of amides is 1. The van der Waals surface area contributed by atoms with Crippen LogP contribution in [0.5, 0.6) is 0 Å². The fourth-order valence-electron chi connectivity index (χ4n) is 4.19. The van der Waals surface area contributed by atoms with E-state index in [0.717, 1.165) is 11.8 Å². The first-order valence-electron chi connectivity index (χ1n) is 9.57. The Morgan fingerprint density at radius 2 is 1.93 bits per heavy atom. The monoisotopic (exact) mass is 385 g/mol. The van der Waals surface area contributed by atoms with Crippen molar-refractivity contribution >= 4 is 5.91 Å². The number of rotatable bonds is 3. The molecule has 0 aliphatic carbocycles. The molecule has 0 saturated carbocycles. The molecule has 1 amide bonds.